The molecule has 1 aliphatic heterocycles. The second-order valence-corrected chi connectivity index (χ2v) is 22.9. The summed E-state index contributed by atoms with van der Waals surface area (Å²) in [7, 11) is 12.6. The number of rotatable bonds is 12. The topological polar surface area (TPSA) is 331 Å². The molecule has 4 amide bonds. The van der Waals surface area contributed by atoms with Crippen molar-refractivity contribution in [3.63, 3.8) is 0 Å². The molecule has 0 fully saturated rings. The Balaban J connectivity index is 0.000000162. The van der Waals surface area contributed by atoms with E-state index in [0.29, 0.717) is 90.3 Å². The summed E-state index contributed by atoms with van der Waals surface area (Å²) in [6.07, 6.45) is 16.0. The van der Waals surface area contributed by atoms with Crippen molar-refractivity contribution in [2.75, 3.05) is 27.8 Å². The van der Waals surface area contributed by atoms with Crippen molar-refractivity contribution < 1.29 is 19.2 Å². The molecule has 0 unspecified atom stereocenters. The second-order valence-electron chi connectivity index (χ2n) is 21.8. The second kappa shape index (κ2) is 29.8. The van der Waals surface area contributed by atoms with Crippen molar-refractivity contribution >= 4 is 87.4 Å². The summed E-state index contributed by atoms with van der Waals surface area (Å²) in [6, 6.07) is 9.37. The average Bonchev–Trinajstić information content (AvgIpc) is 1.73. The minimum Gasteiger partial charge on any atom is -0.345 e. The summed E-state index contributed by atoms with van der Waals surface area (Å²) in [5, 5.41) is 33.2. The van der Waals surface area contributed by atoms with Gasteiger partial charge in [0.1, 0.15) is 39.9 Å². The lowest BCUT2D eigenvalue weighted by molar-refractivity contribution is -0.112. The van der Waals surface area contributed by atoms with Crippen LogP contribution in [0, 0.1) is 41.5 Å². The van der Waals surface area contributed by atoms with Crippen LogP contribution in [0.5, 0.6) is 0 Å². The number of nitrogens with zero attached hydrogens (tertiary/aromatic N) is 21. The molecule has 32 heteroatoms. The SMILES string of the molecule is C.CC1=NCC(C)=C1C(=O)Nc1cnc(-c2cc(C)nn2C)cn1.Cc1cc(-c2cnc(NC(=O)c3c(Cl)c(C)cn3C)cn2)n(C)n1.Cc1cc(-c2cnc(NC(=O)c3c(Cl)c(C)nn3C)cn2)n(C)n1.Cc1cc(-c2cnc(NC(=O)c3c(Cl)ccn3C)cn2)n(C)n1. The zero-order chi connectivity index (χ0) is 68.0. The van der Waals surface area contributed by atoms with Gasteiger partial charge in [-0.3, -0.25) is 47.6 Å². The summed E-state index contributed by atoms with van der Waals surface area (Å²) in [4.78, 5) is 87.9. The Morgan fingerprint density at radius 1 is 0.421 bits per heavy atom. The number of aromatic nitrogens is 20. The van der Waals surface area contributed by atoms with E-state index in [1.54, 1.807) is 105 Å². The van der Waals surface area contributed by atoms with Gasteiger partial charge in [-0.2, -0.15) is 25.5 Å². The van der Waals surface area contributed by atoms with Gasteiger partial charge in [-0.1, -0.05) is 42.2 Å². The van der Waals surface area contributed by atoms with Crippen LogP contribution in [0.4, 0.5) is 23.3 Å². The van der Waals surface area contributed by atoms with Gasteiger partial charge in [0.05, 0.1) is 128 Å². The molecule has 1 aliphatic rings. The third kappa shape index (κ3) is 16.3. The number of halogens is 3. The van der Waals surface area contributed by atoms with E-state index in [9.17, 15) is 19.2 Å². The van der Waals surface area contributed by atoms with Crippen molar-refractivity contribution in [1.82, 2.24) is 97.9 Å². The Bertz CT molecular complexity index is 4530. The van der Waals surface area contributed by atoms with Gasteiger partial charge >= 0.3 is 0 Å². The number of anilines is 4. The highest BCUT2D eigenvalue weighted by Crippen LogP contribution is 2.27. The van der Waals surface area contributed by atoms with E-state index in [0.717, 1.165) is 62.4 Å². The predicted octanol–water partition coefficient (Wildman–Crippen LogP) is 9.85. The number of carbonyl (C=O) groups excluding carboxylic acids is 4. The van der Waals surface area contributed by atoms with Crippen LogP contribution in [0.2, 0.25) is 15.1 Å². The van der Waals surface area contributed by atoms with Crippen LogP contribution in [-0.2, 0) is 54.1 Å². The predicted molar refractivity (Wildman–Crippen MR) is 364 cm³/mol. The lowest BCUT2D eigenvalue weighted by Crippen LogP contribution is -2.19. The number of carbonyl (C=O) groups is 4. The third-order valence-electron chi connectivity index (χ3n) is 14.3. The number of amides is 4. The molecule has 11 aromatic rings. The van der Waals surface area contributed by atoms with Crippen LogP contribution >= 0.6 is 34.8 Å². The highest BCUT2D eigenvalue weighted by Gasteiger charge is 2.23. The molecule has 0 saturated carbocycles. The van der Waals surface area contributed by atoms with E-state index in [1.807, 2.05) is 101 Å². The maximum absolute atomic E-state index is 12.4. The van der Waals surface area contributed by atoms with Crippen LogP contribution in [-0.4, -0.2) is 134 Å². The van der Waals surface area contributed by atoms with Gasteiger partial charge in [-0.25, -0.2) is 39.9 Å². The lowest BCUT2D eigenvalue weighted by Gasteiger charge is -2.07. The molecule has 0 saturated heterocycles. The molecule has 492 valence electrons. The number of aryl methyl sites for hydroxylation is 13. The van der Waals surface area contributed by atoms with Crippen LogP contribution in [0.25, 0.3) is 45.6 Å². The van der Waals surface area contributed by atoms with Crippen LogP contribution < -0.4 is 21.3 Å². The maximum atomic E-state index is 12.4. The van der Waals surface area contributed by atoms with Crippen molar-refractivity contribution in [2.24, 2.45) is 54.3 Å². The van der Waals surface area contributed by atoms with Gasteiger partial charge < -0.3 is 30.4 Å². The van der Waals surface area contributed by atoms with Gasteiger partial charge in [0.2, 0.25) is 0 Å². The fourth-order valence-electron chi connectivity index (χ4n) is 9.93. The molecular weight excluding hydrogens is 1280 g/mol. The molecule has 0 bridgehead atoms. The molecular formula is C63H70Cl3N25O4. The van der Waals surface area contributed by atoms with Crippen molar-refractivity contribution in [1.29, 1.82) is 0 Å². The van der Waals surface area contributed by atoms with Gasteiger partial charge in [0.15, 0.2) is 23.3 Å². The smallest absolute Gasteiger partial charge is 0.276 e. The largest absolute Gasteiger partial charge is 0.345 e. The Morgan fingerprint density at radius 2 is 0.779 bits per heavy atom. The summed E-state index contributed by atoms with van der Waals surface area (Å²) in [5.74, 6) is 0.221. The van der Waals surface area contributed by atoms with E-state index < -0.39 is 0 Å². The maximum Gasteiger partial charge on any atom is 0.276 e. The van der Waals surface area contributed by atoms with Crippen LogP contribution in [0.3, 0.4) is 0 Å². The first-order chi connectivity index (χ1) is 44.6. The van der Waals surface area contributed by atoms with Crippen molar-refractivity contribution in [3.05, 3.63) is 170 Å². The summed E-state index contributed by atoms with van der Waals surface area (Å²) in [6.45, 7) is 15.6. The van der Waals surface area contributed by atoms with Crippen molar-refractivity contribution in [3.8, 4) is 45.6 Å². The van der Waals surface area contributed by atoms with Crippen molar-refractivity contribution in [2.45, 2.75) is 62.8 Å². The Labute approximate surface area is 561 Å². The molecule has 0 spiro atoms. The Kier molecular flexibility index (Phi) is 21.9. The average molecular weight is 1350 g/mol. The lowest BCUT2D eigenvalue weighted by atomic mass is 10.1. The van der Waals surface area contributed by atoms with E-state index in [2.05, 4.69) is 91.6 Å². The molecule has 0 radical (unpaired) electrons. The van der Waals surface area contributed by atoms with Gasteiger partial charge in [-0.05, 0) is 96.9 Å². The molecule has 29 nitrogen and oxygen atoms in total. The van der Waals surface area contributed by atoms with Gasteiger partial charge in [0.25, 0.3) is 23.6 Å². The number of hydrogen-bond donors (Lipinski definition) is 4. The standard InChI is InChI=1S/C16H17ClN6O.C16H18N6O.C15H16ClN7O.C15H15ClN6O.CH4/c1-9-8-22(3)15(14(9)17)16(24)20-13-7-18-11(6-19-13)12-5-10(2)21-23(12)4;1-9-6-17-11(3)15(9)16(23)20-14-8-18-12(7-19-14)13-5-10(2)21-22(13)4;1-8-5-11(22(3)20-8)10-6-18-12(7-17-10)19-15(24)14-13(16)9(2)21-23(14)4;1-9-6-12(22(3)20-9)11-7-18-13(8-17-11)19-15(23)14-10(16)4-5-21(14)2;/h5-8H,1-4H3,(H,19,20,24);5,7-8H,6H2,1-4H3,(H,19,20,23);5-7H,1-4H3,(H,18,19,24);4-8H,1-3H3,(H,18,19,23);1H4. The normalized spacial score (nSPS) is 11.5. The first-order valence-corrected chi connectivity index (χ1v) is 29.9. The quantitative estimate of drug-likeness (QED) is 0.0883. The first kappa shape index (κ1) is 70.0. The molecule has 0 aliphatic carbocycles. The Morgan fingerprint density at radius 3 is 1.04 bits per heavy atom. The fourth-order valence-corrected chi connectivity index (χ4v) is 10.7. The summed E-state index contributed by atoms with van der Waals surface area (Å²) >= 11 is 18.3. The molecule has 0 atom stereocenters. The van der Waals surface area contributed by atoms with Gasteiger partial charge in [0, 0.05) is 67.4 Å². The summed E-state index contributed by atoms with van der Waals surface area (Å²) in [5.41, 5.74) is 14.7. The molecule has 11 aromatic heterocycles. The summed E-state index contributed by atoms with van der Waals surface area (Å²) < 4.78 is 11.7. The minimum absolute atomic E-state index is 0. The Hall–Kier alpha value is -10.9. The molecule has 12 rings (SSSR count). The van der Waals surface area contributed by atoms with E-state index in [-0.39, 0.29) is 36.7 Å². The molecule has 12 heterocycles. The number of nitrogens with one attached hydrogen (secondary N) is 4. The molecule has 95 heavy (non-hydrogen) atoms. The van der Waals surface area contributed by atoms with E-state index in [4.69, 9.17) is 34.8 Å². The molecule has 4 N–H and O–H groups in total. The van der Waals surface area contributed by atoms with E-state index in [1.165, 1.54) is 23.3 Å². The number of aliphatic imine (C=N–C) groups is 1. The monoisotopic (exact) mass is 1350 g/mol. The fraction of sp³-hybridized carbons (Fsp3) is 0.270. The van der Waals surface area contributed by atoms with Gasteiger partial charge in [-0.15, -0.1) is 0 Å². The third-order valence-corrected chi connectivity index (χ3v) is 15.5. The van der Waals surface area contributed by atoms with E-state index >= 15 is 0 Å². The van der Waals surface area contributed by atoms with Crippen LogP contribution in [0.1, 0.15) is 86.8 Å². The minimum atomic E-state index is -0.387. The first-order valence-electron chi connectivity index (χ1n) is 28.7. The molecule has 0 aromatic carbocycles. The zero-order valence-corrected chi connectivity index (χ0v) is 56.3. The zero-order valence-electron chi connectivity index (χ0n) is 54.0. The highest BCUT2D eigenvalue weighted by molar-refractivity contribution is 6.35. The number of hydrogen-bond acceptors (Lipinski definition) is 18. The highest BCUT2D eigenvalue weighted by atomic mass is 35.5. The van der Waals surface area contributed by atoms with Crippen LogP contribution in [0.15, 0.2) is 108 Å².